The van der Waals surface area contributed by atoms with Crippen molar-refractivity contribution in [1.29, 1.82) is 0 Å². The van der Waals surface area contributed by atoms with E-state index in [1.54, 1.807) is 11.3 Å². The summed E-state index contributed by atoms with van der Waals surface area (Å²) in [6, 6.07) is 0.465. The second kappa shape index (κ2) is 13.7. The first-order valence-electron chi connectivity index (χ1n) is 9.85. The van der Waals surface area contributed by atoms with Gasteiger partial charge >= 0.3 is 0 Å². The molecule has 0 saturated carbocycles. The number of hydrogen-bond donors (Lipinski definition) is 2. The van der Waals surface area contributed by atoms with Gasteiger partial charge in [0.25, 0.3) is 0 Å². The predicted molar refractivity (Wildman–Crippen MR) is 126 cm³/mol. The number of morpholine rings is 1. The lowest BCUT2D eigenvalue weighted by Gasteiger charge is -2.36. The van der Waals surface area contributed by atoms with E-state index in [4.69, 9.17) is 9.73 Å². The second-order valence-electron chi connectivity index (χ2n) is 7.09. The van der Waals surface area contributed by atoms with Crippen LogP contribution in [0.15, 0.2) is 10.4 Å². The van der Waals surface area contributed by atoms with Crippen LogP contribution in [-0.4, -0.2) is 67.8 Å². The van der Waals surface area contributed by atoms with Crippen LogP contribution in [0.2, 0.25) is 0 Å². The molecule has 2 N–H and O–H groups in total. The Bertz CT molecular complexity index is 546. The van der Waals surface area contributed by atoms with Gasteiger partial charge < -0.3 is 15.4 Å². The van der Waals surface area contributed by atoms with Gasteiger partial charge in [0.05, 0.1) is 24.8 Å². The van der Waals surface area contributed by atoms with Crippen LogP contribution in [0.25, 0.3) is 0 Å². The largest absolute Gasteiger partial charge is 0.379 e. The fraction of sp³-hybridized carbons (Fsp3) is 0.789. The second-order valence-corrected chi connectivity index (χ2v) is 8.03. The number of guanidine groups is 1. The molecule has 0 spiro atoms. The van der Waals surface area contributed by atoms with Crippen LogP contribution in [0.4, 0.5) is 0 Å². The van der Waals surface area contributed by atoms with Crippen LogP contribution in [0.5, 0.6) is 0 Å². The molecule has 27 heavy (non-hydrogen) atoms. The number of thiazole rings is 1. The van der Waals surface area contributed by atoms with E-state index in [1.807, 2.05) is 6.92 Å². The Morgan fingerprint density at radius 3 is 2.67 bits per heavy atom. The predicted octanol–water partition coefficient (Wildman–Crippen LogP) is 2.91. The number of nitrogens with zero attached hydrogens (tertiary/aromatic N) is 3. The molecule has 1 aromatic rings. The minimum atomic E-state index is 0. The molecule has 2 heterocycles. The Morgan fingerprint density at radius 2 is 2.07 bits per heavy atom. The zero-order valence-electron chi connectivity index (χ0n) is 17.2. The van der Waals surface area contributed by atoms with Gasteiger partial charge in [0.2, 0.25) is 0 Å². The Balaban J connectivity index is 0.00000364. The summed E-state index contributed by atoms with van der Waals surface area (Å²) in [5, 5.41) is 10.2. The van der Waals surface area contributed by atoms with Crippen molar-refractivity contribution in [3.8, 4) is 0 Å². The van der Waals surface area contributed by atoms with E-state index in [2.05, 4.69) is 46.7 Å². The molecule has 1 aliphatic heterocycles. The number of ether oxygens (including phenoxy) is 1. The smallest absolute Gasteiger partial charge is 0.191 e. The van der Waals surface area contributed by atoms with E-state index in [9.17, 15) is 0 Å². The average molecular weight is 510 g/mol. The van der Waals surface area contributed by atoms with Gasteiger partial charge in [-0.1, -0.05) is 13.8 Å². The molecule has 0 aliphatic carbocycles. The van der Waals surface area contributed by atoms with E-state index in [1.165, 1.54) is 5.01 Å². The van der Waals surface area contributed by atoms with Crippen molar-refractivity contribution in [1.82, 2.24) is 20.5 Å². The molecule has 156 valence electrons. The zero-order valence-corrected chi connectivity index (χ0v) is 20.3. The quantitative estimate of drug-likeness (QED) is 0.232. The SMILES string of the molecule is CCNC(=NCC(C(C)C)N1CCOCC1)NCCCc1nc(C)cs1.I. The zero-order chi connectivity index (χ0) is 18.8. The van der Waals surface area contributed by atoms with Crippen LogP contribution < -0.4 is 10.6 Å². The molecule has 6 nitrogen and oxygen atoms in total. The highest BCUT2D eigenvalue weighted by Crippen LogP contribution is 2.13. The van der Waals surface area contributed by atoms with Crippen molar-refractivity contribution < 1.29 is 4.74 Å². The van der Waals surface area contributed by atoms with E-state index < -0.39 is 0 Å². The minimum absolute atomic E-state index is 0. The Hall–Kier alpha value is -0.450. The van der Waals surface area contributed by atoms with Gasteiger partial charge in [0.1, 0.15) is 0 Å². The summed E-state index contributed by atoms with van der Waals surface area (Å²) in [6.07, 6.45) is 2.09. The molecule has 0 aromatic carbocycles. The molecule has 1 aliphatic rings. The first-order valence-corrected chi connectivity index (χ1v) is 10.7. The lowest BCUT2D eigenvalue weighted by Crippen LogP contribution is -2.48. The topological polar surface area (TPSA) is 61.8 Å². The summed E-state index contributed by atoms with van der Waals surface area (Å²) in [4.78, 5) is 11.9. The maximum atomic E-state index is 5.49. The normalized spacial score (nSPS) is 16.9. The maximum absolute atomic E-state index is 5.49. The third kappa shape index (κ3) is 9.06. The van der Waals surface area contributed by atoms with Crippen LogP contribution in [0.1, 0.15) is 37.9 Å². The average Bonchev–Trinajstić information content (AvgIpc) is 3.04. The van der Waals surface area contributed by atoms with Gasteiger partial charge in [-0.3, -0.25) is 9.89 Å². The summed E-state index contributed by atoms with van der Waals surface area (Å²) in [5.41, 5.74) is 1.12. The molecule has 1 fully saturated rings. The molecule has 1 saturated heterocycles. The van der Waals surface area contributed by atoms with E-state index >= 15 is 0 Å². The van der Waals surface area contributed by atoms with Gasteiger partial charge in [-0.05, 0) is 26.2 Å². The molecule has 0 bridgehead atoms. The van der Waals surface area contributed by atoms with Crippen molar-refractivity contribution in [2.45, 2.75) is 46.6 Å². The lowest BCUT2D eigenvalue weighted by atomic mass is 10.0. The van der Waals surface area contributed by atoms with Crippen molar-refractivity contribution >= 4 is 41.3 Å². The third-order valence-corrected chi connectivity index (χ3v) is 5.62. The summed E-state index contributed by atoms with van der Waals surface area (Å²) < 4.78 is 5.49. The number of aryl methyl sites for hydroxylation is 2. The Labute approximate surface area is 185 Å². The number of aliphatic imine (C=N–C) groups is 1. The van der Waals surface area contributed by atoms with Gasteiger partial charge in [-0.2, -0.15) is 0 Å². The summed E-state index contributed by atoms with van der Waals surface area (Å²) in [7, 11) is 0. The fourth-order valence-corrected chi connectivity index (χ4v) is 3.97. The molecular formula is C19H36IN5OS. The molecule has 0 amide bonds. The Morgan fingerprint density at radius 1 is 1.33 bits per heavy atom. The summed E-state index contributed by atoms with van der Waals surface area (Å²) in [5.74, 6) is 1.49. The lowest BCUT2D eigenvalue weighted by molar-refractivity contribution is 0.00867. The molecule has 1 unspecified atom stereocenters. The van der Waals surface area contributed by atoms with Crippen molar-refractivity contribution in [3.63, 3.8) is 0 Å². The Kier molecular flexibility index (Phi) is 12.5. The molecule has 0 radical (unpaired) electrons. The first kappa shape index (κ1) is 24.6. The molecule has 2 rings (SSSR count). The van der Waals surface area contributed by atoms with Gasteiger partial charge in [0.15, 0.2) is 5.96 Å². The van der Waals surface area contributed by atoms with Gasteiger partial charge in [-0.25, -0.2) is 4.98 Å². The van der Waals surface area contributed by atoms with Crippen molar-refractivity contribution in [2.24, 2.45) is 10.9 Å². The monoisotopic (exact) mass is 509 g/mol. The van der Waals surface area contributed by atoms with Crippen LogP contribution in [0.3, 0.4) is 0 Å². The highest BCUT2D eigenvalue weighted by molar-refractivity contribution is 14.0. The highest BCUT2D eigenvalue weighted by Gasteiger charge is 2.23. The highest BCUT2D eigenvalue weighted by atomic mass is 127. The number of halogens is 1. The molecule has 1 atom stereocenters. The van der Waals surface area contributed by atoms with E-state index in [0.29, 0.717) is 12.0 Å². The minimum Gasteiger partial charge on any atom is -0.379 e. The summed E-state index contributed by atoms with van der Waals surface area (Å²) >= 11 is 1.75. The molecule has 1 aromatic heterocycles. The third-order valence-electron chi connectivity index (χ3n) is 4.59. The van der Waals surface area contributed by atoms with Crippen molar-refractivity contribution in [2.75, 3.05) is 45.9 Å². The number of nitrogens with one attached hydrogen (secondary N) is 2. The number of aromatic nitrogens is 1. The molecule has 8 heteroatoms. The van der Waals surface area contributed by atoms with Crippen molar-refractivity contribution in [3.05, 3.63) is 16.1 Å². The van der Waals surface area contributed by atoms with Crippen LogP contribution in [-0.2, 0) is 11.2 Å². The number of rotatable bonds is 9. The van der Waals surface area contributed by atoms with Crippen LogP contribution in [0, 0.1) is 12.8 Å². The van der Waals surface area contributed by atoms with E-state index in [-0.39, 0.29) is 24.0 Å². The first-order chi connectivity index (χ1) is 12.6. The molecular weight excluding hydrogens is 473 g/mol. The fourth-order valence-electron chi connectivity index (χ4n) is 3.15. The summed E-state index contributed by atoms with van der Waals surface area (Å²) in [6.45, 7) is 15.0. The maximum Gasteiger partial charge on any atom is 0.191 e. The van der Waals surface area contributed by atoms with Crippen LogP contribution >= 0.6 is 35.3 Å². The number of hydrogen-bond acceptors (Lipinski definition) is 5. The van der Waals surface area contributed by atoms with Gasteiger partial charge in [0, 0.05) is 49.7 Å². The van der Waals surface area contributed by atoms with E-state index in [0.717, 1.165) is 70.4 Å². The van der Waals surface area contributed by atoms with Gasteiger partial charge in [-0.15, -0.1) is 35.3 Å². The standard InChI is InChI=1S/C19H35N5OS.HI/c1-5-20-19(21-8-6-7-18-23-16(4)14-26-18)22-13-17(15(2)3)24-9-11-25-12-10-24;/h14-15,17H,5-13H2,1-4H3,(H2,20,21,22);1H.